The van der Waals surface area contributed by atoms with Crippen molar-refractivity contribution in [2.45, 2.75) is 93.3 Å². The van der Waals surface area contributed by atoms with Crippen LogP contribution in [-0.4, -0.2) is 76.2 Å². The van der Waals surface area contributed by atoms with Gasteiger partial charge in [-0.25, -0.2) is 0 Å². The number of rotatable bonds is 9. The molecule has 180 valence electrons. The van der Waals surface area contributed by atoms with E-state index in [0.29, 0.717) is 25.8 Å². The molecule has 1 spiro atoms. The lowest BCUT2D eigenvalue weighted by atomic mass is 9.70. The van der Waals surface area contributed by atoms with Crippen LogP contribution in [0.1, 0.15) is 64.7 Å². The average molecular weight is 515 g/mol. The highest BCUT2D eigenvalue weighted by molar-refractivity contribution is 9.09. The molecule has 0 radical (unpaired) electrons. The minimum atomic E-state index is -1.01. The summed E-state index contributed by atoms with van der Waals surface area (Å²) in [5.74, 6) is -2.17. The first-order valence-corrected chi connectivity index (χ1v) is 13.1. The number of nitrogens with one attached hydrogen (secondary N) is 1. The van der Waals surface area contributed by atoms with Crippen molar-refractivity contribution < 1.29 is 29.0 Å². The van der Waals surface area contributed by atoms with Crippen molar-refractivity contribution in [2.24, 2.45) is 11.8 Å². The van der Waals surface area contributed by atoms with Crippen LogP contribution in [0, 0.1) is 11.8 Å². The van der Waals surface area contributed by atoms with Gasteiger partial charge in [0.05, 0.1) is 24.5 Å². The molecule has 4 rings (SSSR count). The number of hydrogen-bond acceptors (Lipinski definition) is 6. The molecule has 4 fully saturated rings. The summed E-state index contributed by atoms with van der Waals surface area (Å²) in [5, 5.41) is 12.3. The van der Waals surface area contributed by atoms with Crippen LogP contribution in [0.3, 0.4) is 0 Å². The van der Waals surface area contributed by atoms with Gasteiger partial charge in [-0.3, -0.25) is 14.4 Å². The van der Waals surface area contributed by atoms with E-state index < -0.39 is 35.6 Å². The van der Waals surface area contributed by atoms with Crippen LogP contribution >= 0.6 is 15.9 Å². The Kier molecular flexibility index (Phi) is 7.46. The Bertz CT molecular complexity index is 729. The molecule has 3 heterocycles. The lowest BCUT2D eigenvalue weighted by molar-refractivity contribution is -0.154. The fraction of sp³-hybridized carbons (Fsp3) is 0.870. The predicted molar refractivity (Wildman–Crippen MR) is 120 cm³/mol. The SMILES string of the molecule is CCOC(=O)[C@@H]1[C@H]2O[C@@]3(CC2Br)[C@H](C(=O)NC2CCCCC2)N(CCCCCO)C(=O)[C@@H]13. The highest BCUT2D eigenvalue weighted by atomic mass is 79.9. The number of carbonyl (C=O) groups excluding carboxylic acids is 3. The molecule has 3 aliphatic heterocycles. The van der Waals surface area contributed by atoms with Crippen LogP contribution in [0.5, 0.6) is 0 Å². The van der Waals surface area contributed by atoms with Gasteiger partial charge in [0.25, 0.3) is 0 Å². The Morgan fingerprint density at radius 3 is 2.69 bits per heavy atom. The van der Waals surface area contributed by atoms with Gasteiger partial charge < -0.3 is 24.8 Å². The number of carbonyl (C=O) groups is 3. The molecule has 0 aromatic carbocycles. The third-order valence-electron chi connectivity index (χ3n) is 7.60. The zero-order valence-corrected chi connectivity index (χ0v) is 20.3. The number of ether oxygens (including phenoxy) is 2. The summed E-state index contributed by atoms with van der Waals surface area (Å²) in [5.41, 5.74) is -1.01. The Labute approximate surface area is 197 Å². The zero-order chi connectivity index (χ0) is 22.9. The topological polar surface area (TPSA) is 105 Å². The monoisotopic (exact) mass is 514 g/mol. The number of halogens is 1. The van der Waals surface area contributed by atoms with E-state index in [-0.39, 0.29) is 35.9 Å². The maximum Gasteiger partial charge on any atom is 0.312 e. The second kappa shape index (κ2) is 9.97. The summed E-state index contributed by atoms with van der Waals surface area (Å²) < 4.78 is 11.7. The smallest absolute Gasteiger partial charge is 0.312 e. The largest absolute Gasteiger partial charge is 0.466 e. The van der Waals surface area contributed by atoms with E-state index in [4.69, 9.17) is 14.6 Å². The van der Waals surface area contributed by atoms with E-state index in [1.807, 2.05) is 0 Å². The van der Waals surface area contributed by atoms with Gasteiger partial charge in [-0.15, -0.1) is 0 Å². The maximum absolute atomic E-state index is 13.7. The molecule has 8 nitrogen and oxygen atoms in total. The van der Waals surface area contributed by atoms with Gasteiger partial charge >= 0.3 is 5.97 Å². The van der Waals surface area contributed by atoms with Crippen LogP contribution in [0.25, 0.3) is 0 Å². The summed E-state index contributed by atoms with van der Waals surface area (Å²) in [4.78, 5) is 41.7. The van der Waals surface area contributed by atoms with Crippen molar-refractivity contribution in [3.63, 3.8) is 0 Å². The molecule has 4 aliphatic rings. The third-order valence-corrected chi connectivity index (χ3v) is 8.45. The summed E-state index contributed by atoms with van der Waals surface area (Å²) in [6.07, 6.45) is 7.45. The summed E-state index contributed by atoms with van der Waals surface area (Å²) in [6, 6.07) is -0.627. The van der Waals surface area contributed by atoms with E-state index in [0.717, 1.165) is 32.1 Å². The van der Waals surface area contributed by atoms with Gasteiger partial charge in [0.1, 0.15) is 11.6 Å². The van der Waals surface area contributed by atoms with Gasteiger partial charge in [-0.05, 0) is 45.4 Å². The molecule has 3 saturated heterocycles. The molecular formula is C23H35BrN2O6. The van der Waals surface area contributed by atoms with Crippen LogP contribution in [0.2, 0.25) is 0 Å². The summed E-state index contributed by atoms with van der Waals surface area (Å²) in [7, 11) is 0. The number of amides is 2. The number of aliphatic hydroxyl groups is 1. The lowest BCUT2D eigenvalue weighted by Crippen LogP contribution is -2.57. The highest BCUT2D eigenvalue weighted by Crippen LogP contribution is 2.60. The minimum Gasteiger partial charge on any atom is -0.466 e. The molecular weight excluding hydrogens is 480 g/mol. The van der Waals surface area contributed by atoms with Gasteiger partial charge in [0.2, 0.25) is 11.8 Å². The van der Waals surface area contributed by atoms with E-state index >= 15 is 0 Å². The molecule has 1 saturated carbocycles. The maximum atomic E-state index is 13.7. The molecule has 2 bridgehead atoms. The van der Waals surface area contributed by atoms with Crippen molar-refractivity contribution in [3.05, 3.63) is 0 Å². The second-order valence-corrected chi connectivity index (χ2v) is 10.8. The van der Waals surface area contributed by atoms with E-state index in [2.05, 4.69) is 21.2 Å². The first-order chi connectivity index (χ1) is 15.4. The van der Waals surface area contributed by atoms with Gasteiger partial charge in [0.15, 0.2) is 0 Å². The van der Waals surface area contributed by atoms with Gasteiger partial charge in [-0.1, -0.05) is 35.2 Å². The Balaban J connectivity index is 1.62. The molecule has 2 N–H and O–H groups in total. The number of alkyl halides is 1. The van der Waals surface area contributed by atoms with Crippen molar-refractivity contribution in [2.75, 3.05) is 19.8 Å². The Hall–Kier alpha value is -1.19. The minimum absolute atomic E-state index is 0.104. The number of fused-ring (bicyclic) bond motifs is 1. The van der Waals surface area contributed by atoms with Crippen molar-refractivity contribution >= 4 is 33.7 Å². The van der Waals surface area contributed by atoms with E-state index in [1.54, 1.807) is 11.8 Å². The van der Waals surface area contributed by atoms with E-state index in [1.165, 1.54) is 6.42 Å². The Morgan fingerprint density at radius 1 is 1.25 bits per heavy atom. The van der Waals surface area contributed by atoms with Gasteiger partial charge in [0, 0.05) is 24.0 Å². The second-order valence-electron chi connectivity index (χ2n) is 9.57. The number of aliphatic hydroxyl groups excluding tert-OH is 1. The number of nitrogens with zero attached hydrogens (tertiary/aromatic N) is 1. The molecule has 1 unspecified atom stereocenters. The first-order valence-electron chi connectivity index (χ1n) is 12.1. The molecule has 0 aromatic rings. The fourth-order valence-corrected chi connectivity index (χ4v) is 7.22. The normalized spacial score (nSPS) is 36.4. The molecule has 32 heavy (non-hydrogen) atoms. The number of likely N-dealkylation sites (tertiary alicyclic amines) is 1. The van der Waals surface area contributed by atoms with Crippen LogP contribution in [0.4, 0.5) is 0 Å². The number of esters is 1. The molecule has 9 heteroatoms. The summed E-state index contributed by atoms with van der Waals surface area (Å²) >= 11 is 3.65. The number of hydrogen-bond donors (Lipinski definition) is 2. The zero-order valence-electron chi connectivity index (χ0n) is 18.8. The molecule has 1 aliphatic carbocycles. The lowest BCUT2D eigenvalue weighted by Gasteiger charge is -2.35. The average Bonchev–Trinajstić information content (AvgIpc) is 3.35. The predicted octanol–water partition coefficient (Wildman–Crippen LogP) is 1.91. The van der Waals surface area contributed by atoms with E-state index in [9.17, 15) is 14.4 Å². The highest BCUT2D eigenvalue weighted by Gasteiger charge is 2.76. The van der Waals surface area contributed by atoms with Crippen LogP contribution in [-0.2, 0) is 23.9 Å². The fourth-order valence-electron chi connectivity index (χ4n) is 6.28. The Morgan fingerprint density at radius 2 is 2.00 bits per heavy atom. The van der Waals surface area contributed by atoms with Crippen molar-refractivity contribution in [1.82, 2.24) is 10.2 Å². The van der Waals surface area contributed by atoms with Gasteiger partial charge in [-0.2, -0.15) is 0 Å². The molecule has 6 atom stereocenters. The molecule has 2 amide bonds. The van der Waals surface area contributed by atoms with Crippen LogP contribution in [0.15, 0.2) is 0 Å². The third kappa shape index (κ3) is 4.09. The quantitative estimate of drug-likeness (QED) is 0.276. The van der Waals surface area contributed by atoms with Crippen molar-refractivity contribution in [3.8, 4) is 0 Å². The van der Waals surface area contributed by atoms with Crippen molar-refractivity contribution in [1.29, 1.82) is 0 Å². The number of unbranched alkanes of at least 4 members (excludes halogenated alkanes) is 2. The molecule has 0 aromatic heterocycles. The first kappa shape index (κ1) is 24.0. The standard InChI is InChI=1S/C23H35BrN2O6/c1-2-31-22(30)16-17-21(29)26(11-7-4-8-12-27)19(23(17)13-15(24)18(16)32-23)20(28)25-14-9-5-3-6-10-14/h14-19,27H,2-13H2,1H3,(H,25,28)/t15?,16-,17+,18-,19-,23+/m0/s1. The summed E-state index contributed by atoms with van der Waals surface area (Å²) in [6.45, 7) is 2.50. The van der Waals surface area contributed by atoms with Crippen LogP contribution < -0.4 is 5.32 Å².